The maximum absolute atomic E-state index is 12.9. The van der Waals surface area contributed by atoms with Crippen LogP contribution in [0.3, 0.4) is 0 Å². The molecule has 0 spiro atoms. The van der Waals surface area contributed by atoms with Crippen LogP contribution in [0.2, 0.25) is 0 Å². The summed E-state index contributed by atoms with van der Waals surface area (Å²) in [5.41, 5.74) is 4.60. The van der Waals surface area contributed by atoms with Crippen LogP contribution in [0.1, 0.15) is 50.2 Å². The number of benzene rings is 2. The fourth-order valence-electron chi connectivity index (χ4n) is 4.79. The minimum atomic E-state index is -0.921. The van der Waals surface area contributed by atoms with Gasteiger partial charge in [-0.05, 0) is 46.9 Å². The Bertz CT molecular complexity index is 1020. The first kappa shape index (κ1) is 23.8. The van der Waals surface area contributed by atoms with Crippen LogP contribution >= 0.6 is 0 Å². The predicted octanol–water partition coefficient (Wildman–Crippen LogP) is 4.17. The highest BCUT2D eigenvalue weighted by molar-refractivity contribution is 5.81. The van der Waals surface area contributed by atoms with E-state index in [2.05, 4.69) is 34.9 Å². The summed E-state index contributed by atoms with van der Waals surface area (Å²) >= 11 is 0. The Balaban J connectivity index is 1.33. The van der Waals surface area contributed by atoms with E-state index in [1.165, 1.54) is 0 Å². The molecule has 2 amide bonds. The summed E-state index contributed by atoms with van der Waals surface area (Å²) in [5, 5.41) is 14.8. The van der Waals surface area contributed by atoms with E-state index in [0.717, 1.165) is 35.1 Å². The number of rotatable bonds is 10. The molecule has 2 atom stereocenters. The van der Waals surface area contributed by atoms with E-state index in [4.69, 9.17) is 9.84 Å². The molecule has 2 unspecified atom stereocenters. The first-order valence-electron chi connectivity index (χ1n) is 12.0. The molecule has 3 N–H and O–H groups in total. The van der Waals surface area contributed by atoms with Crippen molar-refractivity contribution < 1.29 is 24.2 Å². The van der Waals surface area contributed by atoms with Crippen molar-refractivity contribution in [1.82, 2.24) is 10.6 Å². The predicted molar refractivity (Wildman–Crippen MR) is 128 cm³/mol. The first-order valence-corrected chi connectivity index (χ1v) is 12.0. The summed E-state index contributed by atoms with van der Waals surface area (Å²) in [5.74, 6) is -1.46. The van der Waals surface area contributed by atoms with E-state index in [0.29, 0.717) is 0 Å². The van der Waals surface area contributed by atoms with Crippen LogP contribution < -0.4 is 10.6 Å². The highest BCUT2D eigenvalue weighted by Gasteiger charge is 2.36. The fourth-order valence-corrected chi connectivity index (χ4v) is 4.79. The van der Waals surface area contributed by atoms with Crippen molar-refractivity contribution in [2.75, 3.05) is 13.2 Å². The van der Waals surface area contributed by atoms with Crippen molar-refractivity contribution in [2.24, 2.45) is 17.8 Å². The van der Waals surface area contributed by atoms with E-state index >= 15 is 0 Å². The maximum atomic E-state index is 12.9. The third kappa shape index (κ3) is 5.41. The summed E-state index contributed by atoms with van der Waals surface area (Å²) in [6.45, 7) is 4.16. The Morgan fingerprint density at radius 2 is 1.59 bits per heavy atom. The largest absolute Gasteiger partial charge is 0.481 e. The Hall–Kier alpha value is -3.35. The molecule has 2 aliphatic rings. The minimum absolute atomic E-state index is 0.0291. The van der Waals surface area contributed by atoms with Crippen molar-refractivity contribution in [1.29, 1.82) is 0 Å². The van der Waals surface area contributed by atoms with Gasteiger partial charge in [0.25, 0.3) is 0 Å². The van der Waals surface area contributed by atoms with Crippen molar-refractivity contribution in [3.8, 4) is 11.1 Å². The van der Waals surface area contributed by atoms with Gasteiger partial charge in [0.15, 0.2) is 0 Å². The molecule has 0 saturated heterocycles. The average molecular weight is 465 g/mol. The van der Waals surface area contributed by atoms with Gasteiger partial charge in [-0.3, -0.25) is 9.59 Å². The van der Waals surface area contributed by atoms with Gasteiger partial charge in [0.05, 0.1) is 12.3 Å². The van der Waals surface area contributed by atoms with E-state index in [9.17, 15) is 14.4 Å². The molecular formula is C27H32N2O5. The molecule has 1 saturated carbocycles. The zero-order valence-electron chi connectivity index (χ0n) is 19.6. The molecule has 1 fully saturated rings. The number of carbonyl (C=O) groups is 3. The molecule has 180 valence electrons. The number of hydrogen-bond donors (Lipinski definition) is 3. The van der Waals surface area contributed by atoms with Crippen LogP contribution in [0.5, 0.6) is 0 Å². The van der Waals surface area contributed by atoms with Gasteiger partial charge in [0.2, 0.25) is 5.91 Å². The van der Waals surface area contributed by atoms with Gasteiger partial charge >= 0.3 is 12.1 Å². The van der Waals surface area contributed by atoms with Gasteiger partial charge in [0.1, 0.15) is 6.61 Å². The zero-order chi connectivity index (χ0) is 24.2. The number of ether oxygens (including phenoxy) is 1. The highest BCUT2D eigenvalue weighted by Crippen LogP contribution is 2.44. The number of carbonyl (C=O) groups excluding carboxylic acids is 2. The van der Waals surface area contributed by atoms with Gasteiger partial charge < -0.3 is 20.5 Å². The molecule has 7 heteroatoms. The lowest BCUT2D eigenvalue weighted by Gasteiger charge is -2.24. The Labute approximate surface area is 199 Å². The lowest BCUT2D eigenvalue weighted by atomic mass is 9.94. The second-order valence-corrected chi connectivity index (χ2v) is 9.61. The third-order valence-electron chi connectivity index (χ3n) is 6.86. The first-order chi connectivity index (χ1) is 16.3. The van der Waals surface area contributed by atoms with E-state index in [1.807, 2.05) is 38.1 Å². The molecule has 2 aliphatic carbocycles. The summed E-state index contributed by atoms with van der Waals surface area (Å²) in [6, 6.07) is 15.9. The molecule has 2 aromatic carbocycles. The Kier molecular flexibility index (Phi) is 7.20. The molecular weight excluding hydrogens is 432 g/mol. The molecule has 7 nitrogen and oxygen atoms in total. The quantitative estimate of drug-likeness (QED) is 0.490. The third-order valence-corrected chi connectivity index (χ3v) is 6.86. The number of hydrogen-bond acceptors (Lipinski definition) is 4. The SMILES string of the molecule is CC(C)C(CNC(=O)OCC1c2ccccc2-c2ccccc21)C(=O)NC(CC(=O)O)C1CC1. The van der Waals surface area contributed by atoms with E-state index in [-0.39, 0.29) is 49.3 Å². The number of aliphatic carboxylic acids is 1. The van der Waals surface area contributed by atoms with Crippen LogP contribution in [0.15, 0.2) is 48.5 Å². The topological polar surface area (TPSA) is 105 Å². The maximum Gasteiger partial charge on any atom is 0.407 e. The summed E-state index contributed by atoms with van der Waals surface area (Å²) < 4.78 is 5.57. The van der Waals surface area contributed by atoms with Crippen LogP contribution in [0.4, 0.5) is 4.79 Å². The van der Waals surface area contributed by atoms with Gasteiger partial charge in [0, 0.05) is 18.5 Å². The number of fused-ring (bicyclic) bond motifs is 3. The summed E-state index contributed by atoms with van der Waals surface area (Å²) in [7, 11) is 0. The number of carboxylic acid groups (broad SMARTS) is 1. The van der Waals surface area contributed by atoms with Crippen molar-refractivity contribution in [3.05, 3.63) is 59.7 Å². The summed E-state index contributed by atoms with van der Waals surface area (Å²) in [6.07, 6.45) is 1.22. The molecule has 0 radical (unpaired) electrons. The van der Waals surface area contributed by atoms with Crippen molar-refractivity contribution in [3.63, 3.8) is 0 Å². The molecule has 0 aliphatic heterocycles. The van der Waals surface area contributed by atoms with E-state index < -0.39 is 18.0 Å². The monoisotopic (exact) mass is 464 g/mol. The number of amides is 2. The van der Waals surface area contributed by atoms with E-state index in [1.54, 1.807) is 0 Å². The lowest BCUT2D eigenvalue weighted by molar-refractivity contribution is -0.138. The molecule has 2 aromatic rings. The number of carboxylic acids is 1. The highest BCUT2D eigenvalue weighted by atomic mass is 16.5. The summed E-state index contributed by atoms with van der Waals surface area (Å²) in [4.78, 5) is 36.5. The Morgan fingerprint density at radius 3 is 2.12 bits per heavy atom. The van der Waals surface area contributed by atoms with Gasteiger partial charge in [-0.1, -0.05) is 62.4 Å². The molecule has 0 aromatic heterocycles. The lowest BCUT2D eigenvalue weighted by Crippen LogP contribution is -2.46. The second-order valence-electron chi connectivity index (χ2n) is 9.61. The Morgan fingerprint density at radius 1 is 1.00 bits per heavy atom. The molecule has 0 bridgehead atoms. The van der Waals surface area contributed by atoms with Gasteiger partial charge in [-0.15, -0.1) is 0 Å². The number of nitrogens with one attached hydrogen (secondary N) is 2. The smallest absolute Gasteiger partial charge is 0.407 e. The minimum Gasteiger partial charge on any atom is -0.481 e. The van der Waals surface area contributed by atoms with Gasteiger partial charge in [-0.25, -0.2) is 4.79 Å². The van der Waals surface area contributed by atoms with Gasteiger partial charge in [-0.2, -0.15) is 0 Å². The normalized spacial score (nSPS) is 16.3. The average Bonchev–Trinajstić information content (AvgIpc) is 3.60. The molecule has 0 heterocycles. The van der Waals surface area contributed by atoms with Crippen LogP contribution in [0, 0.1) is 17.8 Å². The standard InChI is InChI=1S/C27H32N2O5/c1-16(2)22(26(32)29-24(13-25(30)31)17-11-12-17)14-28-27(33)34-15-23-20-9-5-3-7-18(20)19-8-4-6-10-21(19)23/h3-10,16-17,22-24H,11-15H2,1-2H3,(H,28,33)(H,29,32)(H,30,31). The van der Waals surface area contributed by atoms with Crippen LogP contribution in [0.25, 0.3) is 11.1 Å². The number of alkyl carbamates (subject to hydrolysis) is 1. The van der Waals surface area contributed by atoms with Crippen LogP contribution in [-0.2, 0) is 14.3 Å². The molecule has 4 rings (SSSR count). The zero-order valence-corrected chi connectivity index (χ0v) is 19.6. The second kappa shape index (κ2) is 10.3. The molecule has 34 heavy (non-hydrogen) atoms. The van der Waals surface area contributed by atoms with Crippen molar-refractivity contribution in [2.45, 2.75) is 45.1 Å². The fraction of sp³-hybridized carbons (Fsp3) is 0.444. The van der Waals surface area contributed by atoms with Crippen molar-refractivity contribution >= 4 is 18.0 Å². The van der Waals surface area contributed by atoms with Crippen LogP contribution in [-0.4, -0.2) is 42.3 Å².